The van der Waals surface area contributed by atoms with Crippen molar-refractivity contribution in [2.24, 2.45) is 0 Å². The Morgan fingerprint density at radius 2 is 2.11 bits per heavy atom. The Hall–Kier alpha value is -1.61. The van der Waals surface area contributed by atoms with E-state index in [1.165, 1.54) is 11.6 Å². The number of hydrogen-bond acceptors (Lipinski definition) is 3. The molecule has 0 aliphatic heterocycles. The van der Waals surface area contributed by atoms with Gasteiger partial charge in [0.05, 0.1) is 0 Å². The second-order valence-electron chi connectivity index (χ2n) is 4.24. The van der Waals surface area contributed by atoms with Crippen LogP contribution in [-0.4, -0.2) is 18.2 Å². The van der Waals surface area contributed by atoms with Crippen molar-refractivity contribution < 1.29 is 9.53 Å². The first-order chi connectivity index (χ1) is 8.65. The van der Waals surface area contributed by atoms with Gasteiger partial charge in [-0.25, -0.2) is 4.79 Å². The lowest BCUT2D eigenvalue weighted by molar-refractivity contribution is -0.143. The fourth-order valence-electron chi connectivity index (χ4n) is 1.81. The van der Waals surface area contributed by atoms with Gasteiger partial charge in [-0.2, -0.15) is 0 Å². The molecule has 1 N–H and O–H groups in total. The first-order valence-electron chi connectivity index (χ1n) is 6.28. The molecule has 18 heavy (non-hydrogen) atoms. The number of carbonyl (C=O) groups excluding carboxylic acids is 1. The van der Waals surface area contributed by atoms with E-state index < -0.39 is 5.97 Å². The average Bonchev–Trinajstić information content (AvgIpc) is 2.38. The third-order valence-electron chi connectivity index (χ3n) is 2.75. The lowest BCUT2D eigenvalue weighted by Gasteiger charge is -2.22. The molecule has 3 nitrogen and oxygen atoms in total. The number of rotatable bonds is 7. The Labute approximate surface area is 109 Å². The Morgan fingerprint density at radius 1 is 1.44 bits per heavy atom. The van der Waals surface area contributed by atoms with Crippen LogP contribution < -0.4 is 5.32 Å². The van der Waals surface area contributed by atoms with Crippen molar-refractivity contribution in [1.82, 2.24) is 5.32 Å². The molecule has 0 bridgehead atoms. The molecule has 1 aromatic rings. The van der Waals surface area contributed by atoms with Gasteiger partial charge in [0.1, 0.15) is 0 Å². The van der Waals surface area contributed by atoms with Crippen LogP contribution in [0.4, 0.5) is 0 Å². The Morgan fingerprint density at radius 3 is 2.67 bits per heavy atom. The summed E-state index contributed by atoms with van der Waals surface area (Å²) in [6.45, 7) is 7.32. The molecule has 2 unspecified atom stereocenters. The maximum absolute atomic E-state index is 11.1. The van der Waals surface area contributed by atoms with E-state index >= 15 is 0 Å². The summed E-state index contributed by atoms with van der Waals surface area (Å²) in [6.07, 6.45) is 2.78. The highest BCUT2D eigenvalue weighted by molar-refractivity contribution is 5.81. The molecule has 0 saturated heterocycles. The van der Waals surface area contributed by atoms with E-state index in [9.17, 15) is 4.79 Å². The number of esters is 1. The molecule has 0 aliphatic carbocycles. The van der Waals surface area contributed by atoms with Crippen molar-refractivity contribution in [2.45, 2.75) is 39.0 Å². The summed E-state index contributed by atoms with van der Waals surface area (Å²) >= 11 is 0. The normalized spacial score (nSPS) is 13.7. The molecule has 0 heterocycles. The molecule has 0 spiro atoms. The molecule has 0 aliphatic rings. The van der Waals surface area contributed by atoms with Gasteiger partial charge in [-0.15, -0.1) is 0 Å². The van der Waals surface area contributed by atoms with E-state index in [1.54, 1.807) is 0 Å². The fraction of sp³-hybridized carbons (Fsp3) is 0.400. The second-order valence-corrected chi connectivity index (χ2v) is 4.24. The fourth-order valence-corrected chi connectivity index (χ4v) is 1.81. The SMILES string of the molecule is C=CC(=O)OC(C)NC(CC)Cc1ccccc1. The van der Waals surface area contributed by atoms with Crippen LogP contribution in [0.25, 0.3) is 0 Å². The summed E-state index contributed by atoms with van der Waals surface area (Å²) in [5.41, 5.74) is 1.28. The van der Waals surface area contributed by atoms with Crippen LogP contribution in [0.15, 0.2) is 43.0 Å². The highest BCUT2D eigenvalue weighted by Gasteiger charge is 2.12. The van der Waals surface area contributed by atoms with Crippen LogP contribution in [0, 0.1) is 0 Å². The van der Waals surface area contributed by atoms with Crippen LogP contribution in [0.5, 0.6) is 0 Å². The molecule has 98 valence electrons. The first-order valence-corrected chi connectivity index (χ1v) is 6.28. The lowest BCUT2D eigenvalue weighted by Crippen LogP contribution is -2.40. The van der Waals surface area contributed by atoms with Crippen LogP contribution >= 0.6 is 0 Å². The third kappa shape index (κ3) is 5.15. The maximum atomic E-state index is 11.1. The lowest BCUT2D eigenvalue weighted by atomic mass is 10.0. The Balaban J connectivity index is 2.46. The molecule has 1 rings (SSSR count). The minimum absolute atomic E-state index is 0.292. The molecule has 0 aromatic heterocycles. The number of ether oxygens (including phenoxy) is 1. The monoisotopic (exact) mass is 247 g/mol. The summed E-state index contributed by atoms with van der Waals surface area (Å²) in [5.74, 6) is -0.399. The smallest absolute Gasteiger partial charge is 0.331 e. The van der Waals surface area contributed by atoms with Crippen molar-refractivity contribution in [3.63, 3.8) is 0 Å². The first kappa shape index (κ1) is 14.5. The number of benzene rings is 1. The minimum atomic E-state index is -0.399. The summed E-state index contributed by atoms with van der Waals surface area (Å²) < 4.78 is 5.10. The zero-order chi connectivity index (χ0) is 13.4. The highest BCUT2D eigenvalue weighted by Crippen LogP contribution is 2.06. The highest BCUT2D eigenvalue weighted by atomic mass is 16.6. The predicted octanol–water partition coefficient (Wildman–Crippen LogP) is 2.67. The van der Waals surface area contributed by atoms with Crippen molar-refractivity contribution in [1.29, 1.82) is 0 Å². The number of nitrogens with one attached hydrogen (secondary N) is 1. The van der Waals surface area contributed by atoms with Gasteiger partial charge < -0.3 is 4.74 Å². The molecule has 0 saturated carbocycles. The molecular weight excluding hydrogens is 226 g/mol. The minimum Gasteiger partial charge on any atom is -0.444 e. The van der Waals surface area contributed by atoms with E-state index in [1.807, 2.05) is 25.1 Å². The zero-order valence-electron chi connectivity index (χ0n) is 11.1. The average molecular weight is 247 g/mol. The van der Waals surface area contributed by atoms with Crippen LogP contribution in [0.3, 0.4) is 0 Å². The number of carbonyl (C=O) groups is 1. The molecule has 0 radical (unpaired) electrons. The van der Waals surface area contributed by atoms with E-state index in [0.717, 1.165) is 12.8 Å². The predicted molar refractivity (Wildman–Crippen MR) is 73.1 cm³/mol. The second kappa shape index (κ2) is 7.67. The van der Waals surface area contributed by atoms with E-state index in [0.29, 0.717) is 6.04 Å². The van der Waals surface area contributed by atoms with E-state index in [4.69, 9.17) is 4.74 Å². The molecule has 0 amide bonds. The van der Waals surface area contributed by atoms with E-state index in [2.05, 4.69) is 31.0 Å². The quantitative estimate of drug-likeness (QED) is 0.457. The van der Waals surface area contributed by atoms with Gasteiger partial charge in [-0.1, -0.05) is 43.8 Å². The Kier molecular flexibility index (Phi) is 6.15. The summed E-state index contributed by atoms with van der Waals surface area (Å²) in [5, 5.41) is 3.29. The zero-order valence-corrected chi connectivity index (χ0v) is 11.1. The molecular formula is C15H21NO2. The maximum Gasteiger partial charge on any atom is 0.331 e. The standard InChI is InChI=1S/C15H21NO2/c1-4-14(11-13-9-7-6-8-10-13)16-12(3)18-15(17)5-2/h5-10,12,14,16H,2,4,11H2,1,3H3. The van der Waals surface area contributed by atoms with Gasteiger partial charge in [0.15, 0.2) is 6.23 Å². The number of hydrogen-bond donors (Lipinski definition) is 1. The van der Waals surface area contributed by atoms with Gasteiger partial charge in [0, 0.05) is 12.1 Å². The van der Waals surface area contributed by atoms with Gasteiger partial charge in [-0.05, 0) is 25.3 Å². The largest absolute Gasteiger partial charge is 0.444 e. The third-order valence-corrected chi connectivity index (χ3v) is 2.75. The van der Waals surface area contributed by atoms with Crippen LogP contribution in [-0.2, 0) is 16.0 Å². The van der Waals surface area contributed by atoms with Gasteiger partial charge in [0.2, 0.25) is 0 Å². The van der Waals surface area contributed by atoms with Crippen molar-refractivity contribution in [3.05, 3.63) is 48.6 Å². The van der Waals surface area contributed by atoms with Crippen LogP contribution in [0.2, 0.25) is 0 Å². The summed E-state index contributed by atoms with van der Waals surface area (Å²) in [4.78, 5) is 11.1. The topological polar surface area (TPSA) is 38.3 Å². The van der Waals surface area contributed by atoms with E-state index in [-0.39, 0.29) is 6.23 Å². The van der Waals surface area contributed by atoms with Crippen molar-refractivity contribution in [2.75, 3.05) is 0 Å². The molecule has 0 fully saturated rings. The molecule has 2 atom stereocenters. The van der Waals surface area contributed by atoms with Gasteiger partial charge >= 0.3 is 5.97 Å². The molecule has 1 aromatic carbocycles. The van der Waals surface area contributed by atoms with Gasteiger partial charge in [-0.3, -0.25) is 5.32 Å². The molecule has 3 heteroatoms. The van der Waals surface area contributed by atoms with Crippen LogP contribution in [0.1, 0.15) is 25.8 Å². The van der Waals surface area contributed by atoms with Crippen molar-refractivity contribution >= 4 is 5.97 Å². The van der Waals surface area contributed by atoms with Gasteiger partial charge in [0.25, 0.3) is 0 Å². The summed E-state index contributed by atoms with van der Waals surface area (Å²) in [7, 11) is 0. The summed E-state index contributed by atoms with van der Waals surface area (Å²) in [6, 6.07) is 10.6. The van der Waals surface area contributed by atoms with Crippen molar-refractivity contribution in [3.8, 4) is 0 Å². The Bertz CT molecular complexity index is 375.